The van der Waals surface area contributed by atoms with Gasteiger partial charge in [-0.2, -0.15) is 0 Å². The Bertz CT molecular complexity index is 1080. The summed E-state index contributed by atoms with van der Waals surface area (Å²) in [5.74, 6) is -0.723. The van der Waals surface area contributed by atoms with Crippen LogP contribution in [0, 0.1) is 0 Å². The maximum atomic E-state index is 12.4. The fourth-order valence-electron chi connectivity index (χ4n) is 2.82. The van der Waals surface area contributed by atoms with Crippen molar-refractivity contribution in [1.29, 1.82) is 0 Å². The summed E-state index contributed by atoms with van der Waals surface area (Å²) < 4.78 is 1.01. The van der Waals surface area contributed by atoms with Crippen molar-refractivity contribution in [3.63, 3.8) is 0 Å². The van der Waals surface area contributed by atoms with Gasteiger partial charge in [0.05, 0.1) is 11.9 Å². The first kappa shape index (κ1) is 19.2. The molecule has 0 saturated heterocycles. The third kappa shape index (κ3) is 4.22. The molecule has 1 N–H and O–H groups in total. The molecule has 8 heteroatoms. The van der Waals surface area contributed by atoms with Crippen molar-refractivity contribution in [2.24, 2.45) is 0 Å². The number of aromatic nitrogens is 3. The van der Waals surface area contributed by atoms with Gasteiger partial charge in [0.25, 0.3) is 5.56 Å². The Morgan fingerprint density at radius 1 is 1.11 bits per heavy atom. The van der Waals surface area contributed by atoms with Gasteiger partial charge in [-0.25, -0.2) is 4.68 Å². The molecule has 3 rings (SSSR count). The van der Waals surface area contributed by atoms with Crippen LogP contribution in [0.25, 0.3) is 10.9 Å². The van der Waals surface area contributed by atoms with Gasteiger partial charge in [-0.15, -0.1) is 5.10 Å². The van der Waals surface area contributed by atoms with E-state index in [0.29, 0.717) is 10.9 Å². The van der Waals surface area contributed by atoms with Crippen LogP contribution in [0.15, 0.2) is 53.3 Å². The molecule has 0 radical (unpaired) electrons. The maximum absolute atomic E-state index is 12.4. The highest BCUT2D eigenvalue weighted by Crippen LogP contribution is 2.15. The Morgan fingerprint density at radius 3 is 2.61 bits per heavy atom. The van der Waals surface area contributed by atoms with Crippen molar-refractivity contribution in [1.82, 2.24) is 19.9 Å². The van der Waals surface area contributed by atoms with E-state index < -0.39 is 11.5 Å². The van der Waals surface area contributed by atoms with E-state index in [1.807, 2.05) is 31.2 Å². The summed E-state index contributed by atoms with van der Waals surface area (Å²) in [5, 5.41) is 11.0. The maximum Gasteiger partial charge on any atom is 0.278 e. The molecular weight excluding hydrogens is 358 g/mol. The summed E-state index contributed by atoms with van der Waals surface area (Å²) in [6.45, 7) is 1.58. The van der Waals surface area contributed by atoms with Crippen LogP contribution in [0.4, 0.5) is 5.69 Å². The van der Waals surface area contributed by atoms with Gasteiger partial charge >= 0.3 is 0 Å². The summed E-state index contributed by atoms with van der Waals surface area (Å²) in [6, 6.07) is 14.3. The molecule has 0 atom stereocenters. The third-order valence-electron chi connectivity index (χ3n) is 4.39. The van der Waals surface area contributed by atoms with Crippen LogP contribution in [0.5, 0.6) is 0 Å². The molecule has 0 unspecified atom stereocenters. The van der Waals surface area contributed by atoms with Gasteiger partial charge < -0.3 is 10.2 Å². The SMILES string of the molecule is CCc1ccccc1NC(=O)CN(C)C(=O)Cn1nnc2ccccc2c1=O. The predicted octanol–water partition coefficient (Wildman–Crippen LogP) is 1.45. The molecule has 144 valence electrons. The molecule has 0 saturated carbocycles. The van der Waals surface area contributed by atoms with Crippen LogP contribution in [0.2, 0.25) is 0 Å². The van der Waals surface area contributed by atoms with Crippen molar-refractivity contribution in [2.75, 3.05) is 18.9 Å². The van der Waals surface area contributed by atoms with Crippen molar-refractivity contribution in [3.8, 4) is 0 Å². The van der Waals surface area contributed by atoms with E-state index in [1.165, 1.54) is 11.9 Å². The molecule has 2 aromatic carbocycles. The molecule has 0 spiro atoms. The second-order valence-corrected chi connectivity index (χ2v) is 6.38. The monoisotopic (exact) mass is 379 g/mol. The first-order valence-corrected chi connectivity index (χ1v) is 8.94. The number of nitrogens with one attached hydrogen (secondary N) is 1. The number of hydrogen-bond donors (Lipinski definition) is 1. The minimum absolute atomic E-state index is 0.132. The van der Waals surface area contributed by atoms with Gasteiger partial charge in [-0.1, -0.05) is 42.5 Å². The fourth-order valence-corrected chi connectivity index (χ4v) is 2.82. The Kier molecular flexibility index (Phi) is 5.78. The molecule has 1 heterocycles. The molecule has 8 nitrogen and oxygen atoms in total. The predicted molar refractivity (Wildman–Crippen MR) is 106 cm³/mol. The molecule has 3 aromatic rings. The molecule has 0 bridgehead atoms. The van der Waals surface area contributed by atoms with Gasteiger partial charge in [-0.05, 0) is 30.2 Å². The fraction of sp³-hybridized carbons (Fsp3) is 0.250. The smallest absolute Gasteiger partial charge is 0.278 e. The lowest BCUT2D eigenvalue weighted by Gasteiger charge is -2.17. The Balaban J connectivity index is 1.65. The molecule has 0 aliphatic carbocycles. The van der Waals surface area contributed by atoms with E-state index in [1.54, 1.807) is 24.3 Å². The van der Waals surface area contributed by atoms with E-state index in [2.05, 4.69) is 15.6 Å². The van der Waals surface area contributed by atoms with Crippen molar-refractivity contribution in [2.45, 2.75) is 19.9 Å². The number of rotatable bonds is 6. The van der Waals surface area contributed by atoms with Gasteiger partial charge in [0.15, 0.2) is 0 Å². The minimum atomic E-state index is -0.411. The number of likely N-dealkylation sites (N-methyl/N-ethyl adjacent to an activating group) is 1. The molecule has 0 aliphatic heterocycles. The number of para-hydroxylation sites is 1. The summed E-state index contributed by atoms with van der Waals surface area (Å²) in [6.07, 6.45) is 0.786. The van der Waals surface area contributed by atoms with Gasteiger partial charge in [0.2, 0.25) is 11.8 Å². The minimum Gasteiger partial charge on any atom is -0.335 e. The number of carbonyl (C=O) groups is 2. The number of aryl methyl sites for hydroxylation is 1. The first-order chi connectivity index (χ1) is 13.5. The number of anilines is 1. The lowest BCUT2D eigenvalue weighted by Crippen LogP contribution is -2.39. The number of carbonyl (C=O) groups excluding carboxylic acids is 2. The molecule has 1 aromatic heterocycles. The van der Waals surface area contributed by atoms with Crippen LogP contribution in [0.1, 0.15) is 12.5 Å². The summed E-state index contributed by atoms with van der Waals surface area (Å²) in [4.78, 5) is 38.4. The highest BCUT2D eigenvalue weighted by Gasteiger charge is 2.16. The zero-order valence-electron chi connectivity index (χ0n) is 15.8. The van der Waals surface area contributed by atoms with E-state index >= 15 is 0 Å². The van der Waals surface area contributed by atoms with Crippen molar-refractivity contribution in [3.05, 3.63) is 64.4 Å². The normalized spacial score (nSPS) is 10.6. The van der Waals surface area contributed by atoms with Crippen LogP contribution in [-0.4, -0.2) is 45.3 Å². The summed E-state index contributed by atoms with van der Waals surface area (Å²) >= 11 is 0. The van der Waals surface area contributed by atoms with E-state index in [0.717, 1.165) is 22.4 Å². The largest absolute Gasteiger partial charge is 0.335 e. The van der Waals surface area contributed by atoms with Crippen molar-refractivity contribution >= 4 is 28.4 Å². The summed E-state index contributed by atoms with van der Waals surface area (Å²) in [7, 11) is 1.51. The van der Waals surface area contributed by atoms with E-state index in [9.17, 15) is 14.4 Å². The van der Waals surface area contributed by atoms with Crippen LogP contribution in [-0.2, 0) is 22.6 Å². The topological polar surface area (TPSA) is 97.2 Å². The standard InChI is InChI=1S/C20H21N5O3/c1-3-14-8-4-6-10-16(14)21-18(26)12-24(2)19(27)13-25-20(28)15-9-5-7-11-17(15)22-23-25/h4-11H,3,12-13H2,1-2H3,(H,21,26). The second kappa shape index (κ2) is 8.43. The average Bonchev–Trinajstić information content (AvgIpc) is 2.70. The zero-order chi connectivity index (χ0) is 20.1. The number of benzene rings is 2. The molecule has 0 fully saturated rings. The van der Waals surface area contributed by atoms with Crippen LogP contribution >= 0.6 is 0 Å². The molecule has 28 heavy (non-hydrogen) atoms. The first-order valence-electron chi connectivity index (χ1n) is 8.94. The lowest BCUT2D eigenvalue weighted by atomic mass is 10.1. The van der Waals surface area contributed by atoms with Crippen LogP contribution in [0.3, 0.4) is 0 Å². The number of amides is 2. The summed E-state index contributed by atoms with van der Waals surface area (Å²) in [5.41, 5.74) is 1.82. The molecule has 0 aliphatic rings. The highest BCUT2D eigenvalue weighted by atomic mass is 16.2. The highest BCUT2D eigenvalue weighted by molar-refractivity contribution is 5.95. The number of hydrogen-bond acceptors (Lipinski definition) is 5. The molecular formula is C20H21N5O3. The number of nitrogens with zero attached hydrogens (tertiary/aromatic N) is 4. The number of fused-ring (bicyclic) bond motifs is 1. The zero-order valence-corrected chi connectivity index (χ0v) is 15.8. The second-order valence-electron chi connectivity index (χ2n) is 6.38. The Hall–Kier alpha value is -3.55. The molecule has 2 amide bonds. The van der Waals surface area contributed by atoms with Crippen molar-refractivity contribution < 1.29 is 9.59 Å². The van der Waals surface area contributed by atoms with Gasteiger partial charge in [-0.3, -0.25) is 14.4 Å². The van der Waals surface area contributed by atoms with E-state index in [4.69, 9.17) is 0 Å². The van der Waals surface area contributed by atoms with E-state index in [-0.39, 0.29) is 19.0 Å². The Labute approximate surface area is 161 Å². The third-order valence-corrected chi connectivity index (χ3v) is 4.39. The quantitative estimate of drug-likeness (QED) is 0.699. The van der Waals surface area contributed by atoms with Crippen LogP contribution < -0.4 is 10.9 Å². The van der Waals surface area contributed by atoms with Gasteiger partial charge in [0, 0.05) is 12.7 Å². The average molecular weight is 379 g/mol. The Morgan fingerprint density at radius 2 is 1.82 bits per heavy atom. The lowest BCUT2D eigenvalue weighted by molar-refractivity contribution is -0.134. The van der Waals surface area contributed by atoms with Gasteiger partial charge in [0.1, 0.15) is 12.1 Å².